The highest BCUT2D eigenvalue weighted by molar-refractivity contribution is 5.76. The predicted octanol–water partition coefficient (Wildman–Crippen LogP) is 7.11. The Kier molecular flexibility index (Phi) is 29.4. The van der Waals surface area contributed by atoms with Crippen LogP contribution in [0.4, 0.5) is 0 Å². The molecule has 0 radical (unpaired) electrons. The van der Waals surface area contributed by atoms with Crippen molar-refractivity contribution in [1.82, 2.24) is 5.32 Å². The Balaban J connectivity index is 2.46. The van der Waals surface area contributed by atoms with E-state index in [-0.39, 0.29) is 12.5 Å². The molecule has 1 rings (SSSR count). The minimum Gasteiger partial charge on any atom is -0.394 e. The SMILES string of the molecule is CCCCCC/C=C\C/C=C\CCCCCCCC(=O)NC(COC1OC(CO)C(O)C(O)C1O)C(O)/C=C/CC/C=C/CCCCCCC. The lowest BCUT2D eigenvalue weighted by atomic mass is 9.99. The molecule has 50 heavy (non-hydrogen) atoms. The summed E-state index contributed by atoms with van der Waals surface area (Å²) in [6.45, 7) is 3.67. The fraction of sp³-hybridized carbons (Fsp3) is 0.780. The van der Waals surface area contributed by atoms with Crippen LogP contribution in [0.5, 0.6) is 0 Å². The van der Waals surface area contributed by atoms with Crippen molar-refractivity contribution in [2.75, 3.05) is 13.2 Å². The normalized spacial score (nSPS) is 22.7. The first-order valence-corrected chi connectivity index (χ1v) is 19.9. The van der Waals surface area contributed by atoms with Crippen molar-refractivity contribution in [3.8, 4) is 0 Å². The molecule has 1 saturated heterocycles. The molecule has 0 bridgehead atoms. The van der Waals surface area contributed by atoms with Crippen molar-refractivity contribution in [1.29, 1.82) is 0 Å². The Morgan fingerprint density at radius 1 is 0.680 bits per heavy atom. The van der Waals surface area contributed by atoms with Gasteiger partial charge in [0, 0.05) is 6.42 Å². The number of rotatable bonds is 31. The highest BCUT2D eigenvalue weighted by Crippen LogP contribution is 2.22. The number of hydrogen-bond donors (Lipinski definition) is 6. The number of aliphatic hydroxyl groups is 5. The van der Waals surface area contributed by atoms with Crippen LogP contribution in [0.3, 0.4) is 0 Å². The van der Waals surface area contributed by atoms with E-state index in [1.807, 2.05) is 6.08 Å². The van der Waals surface area contributed by atoms with Gasteiger partial charge in [0.25, 0.3) is 0 Å². The van der Waals surface area contributed by atoms with Crippen molar-refractivity contribution in [2.45, 2.75) is 192 Å². The molecule has 1 fully saturated rings. The van der Waals surface area contributed by atoms with Crippen LogP contribution < -0.4 is 5.32 Å². The summed E-state index contributed by atoms with van der Waals surface area (Å²) in [7, 11) is 0. The maximum atomic E-state index is 12.9. The van der Waals surface area contributed by atoms with Gasteiger partial charge in [-0.2, -0.15) is 0 Å². The van der Waals surface area contributed by atoms with Crippen LogP contribution in [0.1, 0.15) is 149 Å². The van der Waals surface area contributed by atoms with Gasteiger partial charge in [0.15, 0.2) is 6.29 Å². The summed E-state index contributed by atoms with van der Waals surface area (Å²) >= 11 is 0. The summed E-state index contributed by atoms with van der Waals surface area (Å²) in [5.41, 5.74) is 0. The van der Waals surface area contributed by atoms with E-state index >= 15 is 0 Å². The number of amides is 1. The maximum Gasteiger partial charge on any atom is 0.220 e. The molecule has 9 nitrogen and oxygen atoms in total. The maximum absolute atomic E-state index is 12.9. The fourth-order valence-corrected chi connectivity index (χ4v) is 5.85. The molecule has 1 amide bonds. The molecule has 0 aliphatic carbocycles. The average Bonchev–Trinajstić information content (AvgIpc) is 3.11. The lowest BCUT2D eigenvalue weighted by Gasteiger charge is -2.40. The molecule has 0 aromatic heterocycles. The zero-order valence-electron chi connectivity index (χ0n) is 31.4. The number of nitrogens with one attached hydrogen (secondary N) is 1. The van der Waals surface area contributed by atoms with Gasteiger partial charge in [0.1, 0.15) is 24.4 Å². The molecule has 7 atom stereocenters. The Labute approximate surface area is 303 Å². The van der Waals surface area contributed by atoms with E-state index in [9.17, 15) is 30.3 Å². The average molecular weight is 708 g/mol. The van der Waals surface area contributed by atoms with Crippen LogP contribution in [0, 0.1) is 0 Å². The van der Waals surface area contributed by atoms with Gasteiger partial charge in [-0.15, -0.1) is 0 Å². The van der Waals surface area contributed by atoms with Gasteiger partial charge < -0.3 is 40.3 Å². The van der Waals surface area contributed by atoms with E-state index in [0.29, 0.717) is 6.42 Å². The quantitative estimate of drug-likeness (QED) is 0.0330. The minimum absolute atomic E-state index is 0.205. The Hall–Kier alpha value is -1.85. The molecular weight excluding hydrogens is 634 g/mol. The molecule has 1 aliphatic heterocycles. The summed E-state index contributed by atoms with van der Waals surface area (Å²) in [6, 6.07) is -0.826. The predicted molar refractivity (Wildman–Crippen MR) is 203 cm³/mol. The topological polar surface area (TPSA) is 149 Å². The summed E-state index contributed by atoms with van der Waals surface area (Å²) in [5, 5.41) is 53.9. The van der Waals surface area contributed by atoms with Crippen molar-refractivity contribution in [3.05, 3.63) is 48.6 Å². The number of allylic oxidation sites excluding steroid dienone is 7. The first-order chi connectivity index (χ1) is 24.3. The molecule has 290 valence electrons. The third kappa shape index (κ3) is 22.9. The number of carbonyl (C=O) groups is 1. The number of aliphatic hydroxyl groups excluding tert-OH is 5. The molecule has 0 spiro atoms. The van der Waals surface area contributed by atoms with E-state index in [1.54, 1.807) is 6.08 Å². The van der Waals surface area contributed by atoms with Crippen molar-refractivity contribution >= 4 is 5.91 Å². The minimum atomic E-state index is -1.57. The van der Waals surface area contributed by atoms with Crippen LogP contribution in [-0.2, 0) is 14.3 Å². The van der Waals surface area contributed by atoms with Gasteiger partial charge in [-0.1, -0.05) is 127 Å². The second kappa shape index (κ2) is 31.9. The molecule has 0 aromatic rings. The number of hydrogen-bond acceptors (Lipinski definition) is 8. The first kappa shape index (κ1) is 46.2. The zero-order valence-corrected chi connectivity index (χ0v) is 31.4. The summed E-state index contributed by atoms with van der Waals surface area (Å²) in [5.74, 6) is -0.205. The molecule has 1 heterocycles. The zero-order chi connectivity index (χ0) is 36.7. The number of ether oxygens (including phenoxy) is 2. The van der Waals surface area contributed by atoms with Gasteiger partial charge in [-0.05, 0) is 64.2 Å². The Morgan fingerprint density at radius 3 is 1.82 bits per heavy atom. The first-order valence-electron chi connectivity index (χ1n) is 19.9. The highest BCUT2D eigenvalue weighted by atomic mass is 16.7. The lowest BCUT2D eigenvalue weighted by Crippen LogP contribution is -2.60. The third-order valence-corrected chi connectivity index (χ3v) is 9.13. The largest absolute Gasteiger partial charge is 0.394 e. The van der Waals surface area contributed by atoms with Crippen LogP contribution >= 0.6 is 0 Å². The summed E-state index contributed by atoms with van der Waals surface area (Å²) in [6.07, 6.45) is 31.5. The number of carbonyl (C=O) groups excluding carboxylic acids is 1. The number of unbranched alkanes of at least 4 members (excludes halogenated alkanes) is 15. The van der Waals surface area contributed by atoms with Gasteiger partial charge in [-0.25, -0.2) is 0 Å². The highest BCUT2D eigenvalue weighted by Gasteiger charge is 2.44. The van der Waals surface area contributed by atoms with Crippen LogP contribution in [0.2, 0.25) is 0 Å². The van der Waals surface area contributed by atoms with Gasteiger partial charge in [0.2, 0.25) is 5.91 Å². The smallest absolute Gasteiger partial charge is 0.220 e. The van der Waals surface area contributed by atoms with E-state index in [4.69, 9.17) is 9.47 Å². The molecule has 6 N–H and O–H groups in total. The molecular formula is C41H73NO8. The monoisotopic (exact) mass is 708 g/mol. The third-order valence-electron chi connectivity index (χ3n) is 9.13. The molecule has 1 aliphatic rings. The van der Waals surface area contributed by atoms with Crippen LogP contribution in [0.15, 0.2) is 48.6 Å². The van der Waals surface area contributed by atoms with Crippen molar-refractivity contribution < 1.29 is 39.8 Å². The standard InChI is InChI=1S/C41H73NO8/c1-3-5-7-9-11-13-15-16-17-18-19-21-23-25-27-29-31-37(45)42-34(33-49-41-40(48)39(47)38(46)36(32-43)50-41)35(44)30-28-26-24-22-20-14-12-10-8-6-4-2/h13,15,17-18,20,22,28,30,34-36,38-41,43-44,46-48H,3-12,14,16,19,21,23-27,29,31-33H2,1-2H3,(H,42,45)/b15-13-,18-17-,22-20+,30-28+. The van der Waals surface area contributed by atoms with Gasteiger partial charge in [-0.3, -0.25) is 4.79 Å². The van der Waals surface area contributed by atoms with E-state index < -0.39 is 49.5 Å². The second-order valence-electron chi connectivity index (χ2n) is 13.7. The molecule has 0 saturated carbocycles. The summed E-state index contributed by atoms with van der Waals surface area (Å²) in [4.78, 5) is 12.9. The van der Waals surface area contributed by atoms with E-state index in [0.717, 1.165) is 64.2 Å². The lowest BCUT2D eigenvalue weighted by molar-refractivity contribution is -0.302. The van der Waals surface area contributed by atoms with Crippen LogP contribution in [-0.4, -0.2) is 87.5 Å². The van der Waals surface area contributed by atoms with Gasteiger partial charge in [0.05, 0.1) is 25.4 Å². The Bertz CT molecular complexity index is 920. The second-order valence-corrected chi connectivity index (χ2v) is 13.7. The molecule has 9 heteroatoms. The van der Waals surface area contributed by atoms with Crippen LogP contribution in [0.25, 0.3) is 0 Å². The summed E-state index contributed by atoms with van der Waals surface area (Å²) < 4.78 is 11.1. The van der Waals surface area contributed by atoms with E-state index in [1.165, 1.54) is 64.2 Å². The molecule has 0 aromatic carbocycles. The van der Waals surface area contributed by atoms with Crippen molar-refractivity contribution in [2.24, 2.45) is 0 Å². The fourth-order valence-electron chi connectivity index (χ4n) is 5.85. The van der Waals surface area contributed by atoms with Gasteiger partial charge >= 0.3 is 0 Å². The molecule has 7 unspecified atom stereocenters. The van der Waals surface area contributed by atoms with Crippen molar-refractivity contribution in [3.63, 3.8) is 0 Å². The Morgan fingerprint density at radius 2 is 1.20 bits per heavy atom. The van der Waals surface area contributed by atoms with E-state index in [2.05, 4.69) is 55.6 Å².